The lowest BCUT2D eigenvalue weighted by atomic mass is 10.1. The minimum Gasteiger partial charge on any atom is -0.496 e. The smallest absolute Gasteiger partial charge is 0.349 e. The molecule has 6 aromatic rings. The lowest BCUT2D eigenvalue weighted by Crippen LogP contribution is -2.13. The molecule has 14 heteroatoms. The van der Waals surface area contributed by atoms with Gasteiger partial charge in [0.05, 0.1) is 20.3 Å². The van der Waals surface area contributed by atoms with Crippen LogP contribution in [0.1, 0.15) is 65.0 Å². The van der Waals surface area contributed by atoms with E-state index in [-0.39, 0.29) is 30.2 Å². The standard InChI is InChI=1S/C21H21NO5S.C18H15NO5S/c1-12(2)27-21(24)19-15(18-16(25-3)5-4-6-17(18)28-19)11-26-14-9-7-13(8-10-14)20(22)23;1-23-13-3-2-4-14-15(13)12(16(25-14)18(21)22)9-24-11-7-5-10(6-8-11)17(19)20/h4-10,12H,11H2,1-3H3,(H2,22,23);2-8H,9H2,1H3,(H2,19,20)(H,21,22). The summed E-state index contributed by atoms with van der Waals surface area (Å²) in [7, 11) is 3.13. The van der Waals surface area contributed by atoms with Gasteiger partial charge in [-0.1, -0.05) is 12.1 Å². The monoisotopic (exact) mass is 756 g/mol. The number of thiophene rings is 2. The summed E-state index contributed by atoms with van der Waals surface area (Å²) in [5.74, 6) is -0.0825. The lowest BCUT2D eigenvalue weighted by molar-refractivity contribution is 0.0380. The van der Waals surface area contributed by atoms with Gasteiger partial charge in [0.1, 0.15) is 46.0 Å². The van der Waals surface area contributed by atoms with Gasteiger partial charge in [0.25, 0.3) is 0 Å². The molecule has 0 unspecified atom stereocenters. The Labute approximate surface area is 312 Å². The van der Waals surface area contributed by atoms with Crippen LogP contribution in [0.5, 0.6) is 23.0 Å². The predicted octanol–water partition coefficient (Wildman–Crippen LogP) is 7.44. The Morgan fingerprint density at radius 2 is 1.06 bits per heavy atom. The second-order valence-electron chi connectivity index (χ2n) is 11.6. The van der Waals surface area contributed by atoms with Gasteiger partial charge < -0.3 is 40.3 Å². The number of carbonyl (C=O) groups excluding carboxylic acids is 3. The van der Waals surface area contributed by atoms with Crippen LogP contribution in [0.15, 0.2) is 84.9 Å². The summed E-state index contributed by atoms with van der Waals surface area (Å²) in [6.07, 6.45) is -0.227. The molecule has 6 rings (SSSR count). The van der Waals surface area contributed by atoms with Gasteiger partial charge >= 0.3 is 11.9 Å². The number of hydrogen-bond acceptors (Lipinski definition) is 11. The fourth-order valence-corrected chi connectivity index (χ4v) is 7.49. The zero-order valence-corrected chi connectivity index (χ0v) is 30.8. The van der Waals surface area contributed by atoms with Gasteiger partial charge in [0, 0.05) is 42.4 Å². The van der Waals surface area contributed by atoms with Crippen LogP contribution in [0.3, 0.4) is 0 Å². The Bertz CT molecular complexity index is 2280. The van der Waals surface area contributed by atoms with Crippen molar-refractivity contribution in [2.45, 2.75) is 33.2 Å². The molecule has 0 atom stereocenters. The molecule has 274 valence electrons. The number of carboxylic acid groups (broad SMARTS) is 1. The number of carboxylic acids is 1. The molecule has 0 aliphatic rings. The average molecular weight is 757 g/mol. The molecule has 0 aliphatic heterocycles. The minimum atomic E-state index is -1.01. The van der Waals surface area contributed by atoms with Crippen LogP contribution in [0.4, 0.5) is 0 Å². The summed E-state index contributed by atoms with van der Waals surface area (Å²) in [6.45, 7) is 3.83. The molecule has 2 heterocycles. The van der Waals surface area contributed by atoms with Crippen LogP contribution in [-0.4, -0.2) is 49.2 Å². The molecule has 2 amide bonds. The van der Waals surface area contributed by atoms with Crippen LogP contribution in [0.2, 0.25) is 0 Å². The molecule has 12 nitrogen and oxygen atoms in total. The summed E-state index contributed by atoms with van der Waals surface area (Å²) >= 11 is 2.53. The number of ether oxygens (including phenoxy) is 5. The van der Waals surface area contributed by atoms with Crippen molar-refractivity contribution in [3.8, 4) is 23.0 Å². The number of nitrogens with two attached hydrogens (primary N) is 2. The van der Waals surface area contributed by atoms with E-state index >= 15 is 0 Å². The number of amides is 2. The highest BCUT2D eigenvalue weighted by atomic mass is 32.1. The Kier molecular flexibility index (Phi) is 12.2. The fraction of sp³-hybridized carbons (Fsp3) is 0.179. The third-order valence-corrected chi connectivity index (χ3v) is 10.1. The number of rotatable bonds is 13. The largest absolute Gasteiger partial charge is 0.496 e. The van der Waals surface area contributed by atoms with Crippen LogP contribution in [0.25, 0.3) is 20.2 Å². The van der Waals surface area contributed by atoms with E-state index in [1.54, 1.807) is 68.8 Å². The Balaban J connectivity index is 0.000000206. The number of carbonyl (C=O) groups is 4. The molecule has 4 aromatic carbocycles. The Hall–Kier alpha value is -6.12. The van der Waals surface area contributed by atoms with E-state index in [2.05, 4.69) is 0 Å². The number of fused-ring (bicyclic) bond motifs is 2. The van der Waals surface area contributed by atoms with Gasteiger partial charge in [-0.3, -0.25) is 9.59 Å². The van der Waals surface area contributed by atoms with E-state index in [4.69, 9.17) is 35.2 Å². The third kappa shape index (κ3) is 8.86. The van der Waals surface area contributed by atoms with Crippen LogP contribution < -0.4 is 30.4 Å². The van der Waals surface area contributed by atoms with Gasteiger partial charge in [-0.2, -0.15) is 0 Å². The first-order valence-corrected chi connectivity index (χ1v) is 17.7. The third-order valence-electron chi connectivity index (χ3n) is 7.76. The first kappa shape index (κ1) is 38.1. The van der Waals surface area contributed by atoms with Crippen molar-refractivity contribution < 1.29 is 48.0 Å². The number of methoxy groups -OCH3 is 2. The zero-order valence-electron chi connectivity index (χ0n) is 29.2. The van der Waals surface area contributed by atoms with Crippen molar-refractivity contribution in [1.82, 2.24) is 0 Å². The summed E-state index contributed by atoms with van der Waals surface area (Å²) in [6, 6.07) is 24.0. The molecule has 0 spiro atoms. The van der Waals surface area contributed by atoms with Crippen molar-refractivity contribution in [2.24, 2.45) is 11.5 Å². The van der Waals surface area contributed by atoms with E-state index in [0.29, 0.717) is 50.1 Å². The van der Waals surface area contributed by atoms with Gasteiger partial charge in [0.2, 0.25) is 11.8 Å². The molecule has 53 heavy (non-hydrogen) atoms. The summed E-state index contributed by atoms with van der Waals surface area (Å²) in [4.78, 5) is 47.2. The number of aromatic carboxylic acids is 1. The minimum absolute atomic E-state index is 0.0674. The van der Waals surface area contributed by atoms with E-state index in [9.17, 15) is 24.3 Å². The summed E-state index contributed by atoms with van der Waals surface area (Å²) < 4.78 is 29.6. The summed E-state index contributed by atoms with van der Waals surface area (Å²) in [5.41, 5.74) is 12.5. The highest BCUT2D eigenvalue weighted by molar-refractivity contribution is 7.21. The molecule has 0 aliphatic carbocycles. The highest BCUT2D eigenvalue weighted by Crippen LogP contribution is 2.40. The zero-order chi connectivity index (χ0) is 38.2. The van der Waals surface area contributed by atoms with Gasteiger partial charge in [-0.25, -0.2) is 9.59 Å². The van der Waals surface area contributed by atoms with Crippen molar-refractivity contribution in [3.05, 3.63) is 117 Å². The first-order chi connectivity index (χ1) is 25.4. The van der Waals surface area contributed by atoms with Crippen LogP contribution in [-0.2, 0) is 18.0 Å². The fourth-order valence-electron chi connectivity index (χ4n) is 5.32. The van der Waals surface area contributed by atoms with E-state index < -0.39 is 17.8 Å². The maximum atomic E-state index is 12.6. The molecule has 2 aromatic heterocycles. The Morgan fingerprint density at radius 3 is 1.43 bits per heavy atom. The quantitative estimate of drug-likeness (QED) is 0.100. The number of benzene rings is 4. The molecule has 0 saturated heterocycles. The molecule has 5 N–H and O–H groups in total. The summed E-state index contributed by atoms with van der Waals surface area (Å²) in [5, 5.41) is 11.1. The SMILES string of the molecule is COc1cccc2sc(C(=O)O)c(COc3ccc(C(N)=O)cc3)c12.COc1cccc2sc(C(=O)OC(C)C)c(COc3ccc(C(N)=O)cc3)c12. The maximum absolute atomic E-state index is 12.6. The van der Waals surface area contributed by atoms with Gasteiger partial charge in [-0.15, -0.1) is 22.7 Å². The molecule has 0 radical (unpaired) electrons. The average Bonchev–Trinajstić information content (AvgIpc) is 3.72. The van der Waals surface area contributed by atoms with E-state index in [1.807, 2.05) is 44.2 Å². The van der Waals surface area contributed by atoms with E-state index in [1.165, 1.54) is 22.7 Å². The van der Waals surface area contributed by atoms with Crippen molar-refractivity contribution in [2.75, 3.05) is 14.2 Å². The lowest BCUT2D eigenvalue weighted by Gasteiger charge is -2.11. The molecular weight excluding hydrogens is 721 g/mol. The second kappa shape index (κ2) is 16.9. The normalized spacial score (nSPS) is 10.7. The van der Waals surface area contributed by atoms with Crippen LogP contribution in [0, 0.1) is 0 Å². The highest BCUT2D eigenvalue weighted by Gasteiger charge is 2.24. The molecule has 0 fully saturated rings. The first-order valence-electron chi connectivity index (χ1n) is 16.1. The van der Waals surface area contributed by atoms with Crippen molar-refractivity contribution >= 4 is 66.6 Å². The molecular formula is C39H36N2O10S2. The maximum Gasteiger partial charge on any atom is 0.349 e. The number of esters is 1. The second-order valence-corrected chi connectivity index (χ2v) is 13.7. The van der Waals surface area contributed by atoms with E-state index in [0.717, 1.165) is 20.2 Å². The molecule has 0 saturated carbocycles. The van der Waals surface area contributed by atoms with Crippen molar-refractivity contribution in [3.63, 3.8) is 0 Å². The number of hydrogen-bond donors (Lipinski definition) is 3. The Morgan fingerprint density at radius 1 is 0.642 bits per heavy atom. The predicted molar refractivity (Wildman–Crippen MR) is 203 cm³/mol. The van der Waals surface area contributed by atoms with Crippen molar-refractivity contribution in [1.29, 1.82) is 0 Å². The van der Waals surface area contributed by atoms with Crippen LogP contribution >= 0.6 is 22.7 Å². The number of primary amides is 2. The van der Waals surface area contributed by atoms with Gasteiger partial charge in [0.15, 0.2) is 0 Å². The van der Waals surface area contributed by atoms with Gasteiger partial charge in [-0.05, 0) is 86.6 Å². The molecule has 0 bridgehead atoms. The topological polar surface area (TPSA) is 187 Å².